The maximum Gasteiger partial charge on any atom is 0.0684 e. The molecule has 1 rings (SSSR count). The van der Waals surface area contributed by atoms with Crippen LogP contribution in [0, 0.1) is 0 Å². The van der Waals surface area contributed by atoms with Crippen LogP contribution in [0.1, 0.15) is 13.8 Å². The highest BCUT2D eigenvalue weighted by Gasteiger charge is 2.35. The van der Waals surface area contributed by atoms with Crippen LogP contribution in [0.15, 0.2) is 23.1 Å². The van der Waals surface area contributed by atoms with Crippen molar-refractivity contribution in [2.75, 3.05) is 7.05 Å². The molecular weight excluding hydrogens is 142 g/mol. The van der Waals surface area contributed by atoms with E-state index in [0.717, 1.165) is 5.03 Å². The minimum absolute atomic E-state index is 0.0851. The molecule has 0 N–H and O–H groups in total. The zero-order valence-electron chi connectivity index (χ0n) is 6.77. The molecule has 0 unspecified atom stereocenters. The SMILES string of the molecule is C=C1SC(=C)C(C)(C)N1C. The fourth-order valence-corrected chi connectivity index (χ4v) is 1.87. The Hall–Kier alpha value is -0.370. The second-order valence-electron chi connectivity index (χ2n) is 3.04. The molecule has 0 spiro atoms. The first kappa shape index (κ1) is 7.73. The summed E-state index contributed by atoms with van der Waals surface area (Å²) in [6.07, 6.45) is 0. The summed E-state index contributed by atoms with van der Waals surface area (Å²) in [5, 5.41) is 1.09. The molecule has 1 aliphatic heterocycles. The van der Waals surface area contributed by atoms with E-state index >= 15 is 0 Å². The van der Waals surface area contributed by atoms with Gasteiger partial charge in [-0.3, -0.25) is 0 Å². The van der Waals surface area contributed by atoms with Crippen LogP contribution in [0.4, 0.5) is 0 Å². The summed E-state index contributed by atoms with van der Waals surface area (Å²) in [4.78, 5) is 3.33. The fourth-order valence-electron chi connectivity index (χ4n) is 0.834. The van der Waals surface area contributed by atoms with Crippen LogP contribution < -0.4 is 0 Å². The van der Waals surface area contributed by atoms with Crippen molar-refractivity contribution in [2.45, 2.75) is 19.4 Å². The van der Waals surface area contributed by atoms with Crippen molar-refractivity contribution >= 4 is 11.8 Å². The number of hydrogen-bond donors (Lipinski definition) is 0. The van der Waals surface area contributed by atoms with Gasteiger partial charge in [0, 0.05) is 12.0 Å². The molecule has 10 heavy (non-hydrogen) atoms. The predicted molar refractivity (Wildman–Crippen MR) is 47.7 cm³/mol. The highest BCUT2D eigenvalue weighted by molar-refractivity contribution is 8.07. The monoisotopic (exact) mass is 155 g/mol. The second-order valence-corrected chi connectivity index (χ2v) is 4.21. The smallest absolute Gasteiger partial charge is 0.0684 e. The maximum atomic E-state index is 3.97. The number of hydrogen-bond acceptors (Lipinski definition) is 2. The summed E-state index contributed by atoms with van der Waals surface area (Å²) in [6.45, 7) is 12.2. The average Bonchev–Trinajstić information content (AvgIpc) is 1.97. The van der Waals surface area contributed by atoms with Gasteiger partial charge in [-0.25, -0.2) is 0 Å². The molecule has 0 saturated carbocycles. The van der Waals surface area contributed by atoms with Crippen LogP contribution in [-0.4, -0.2) is 17.5 Å². The first-order chi connectivity index (χ1) is 4.46. The van der Waals surface area contributed by atoms with E-state index in [9.17, 15) is 0 Å². The molecule has 1 saturated heterocycles. The maximum absolute atomic E-state index is 3.97. The van der Waals surface area contributed by atoms with E-state index in [1.807, 2.05) is 7.05 Å². The second kappa shape index (κ2) is 2.06. The summed E-state index contributed by atoms with van der Waals surface area (Å²) in [5.41, 5.74) is 0.0851. The van der Waals surface area contributed by atoms with Gasteiger partial charge in [0.2, 0.25) is 0 Å². The topological polar surface area (TPSA) is 3.24 Å². The van der Waals surface area contributed by atoms with Gasteiger partial charge in [-0.05, 0) is 13.8 Å². The average molecular weight is 155 g/mol. The van der Waals surface area contributed by atoms with E-state index in [1.165, 1.54) is 4.91 Å². The van der Waals surface area contributed by atoms with Gasteiger partial charge in [0.15, 0.2) is 0 Å². The molecule has 0 aromatic heterocycles. The minimum Gasteiger partial charge on any atom is -0.360 e. The van der Waals surface area contributed by atoms with Crippen LogP contribution in [0.5, 0.6) is 0 Å². The van der Waals surface area contributed by atoms with Crippen LogP contribution in [-0.2, 0) is 0 Å². The molecule has 0 aromatic rings. The Morgan fingerprint density at radius 2 is 1.90 bits per heavy atom. The van der Waals surface area contributed by atoms with E-state index in [4.69, 9.17) is 0 Å². The largest absolute Gasteiger partial charge is 0.360 e. The Kier molecular flexibility index (Phi) is 1.59. The molecule has 1 aliphatic rings. The van der Waals surface area contributed by atoms with Crippen molar-refractivity contribution in [3.63, 3.8) is 0 Å². The van der Waals surface area contributed by atoms with Crippen molar-refractivity contribution < 1.29 is 0 Å². The quantitative estimate of drug-likeness (QED) is 0.528. The Morgan fingerprint density at radius 1 is 1.40 bits per heavy atom. The normalized spacial score (nSPS) is 24.1. The highest BCUT2D eigenvalue weighted by atomic mass is 32.2. The zero-order chi connectivity index (χ0) is 7.94. The third-order valence-electron chi connectivity index (χ3n) is 2.14. The predicted octanol–water partition coefficient (Wildman–Crippen LogP) is 2.43. The molecule has 0 bridgehead atoms. The molecule has 0 aromatic carbocycles. The van der Waals surface area contributed by atoms with Gasteiger partial charge in [0.1, 0.15) is 0 Å². The summed E-state index contributed by atoms with van der Waals surface area (Å²) in [5.74, 6) is 0. The van der Waals surface area contributed by atoms with Gasteiger partial charge >= 0.3 is 0 Å². The van der Waals surface area contributed by atoms with Crippen molar-refractivity contribution in [3.8, 4) is 0 Å². The molecule has 1 heterocycles. The number of rotatable bonds is 0. The summed E-state index contributed by atoms with van der Waals surface area (Å²) in [7, 11) is 2.05. The van der Waals surface area contributed by atoms with Gasteiger partial charge in [-0.2, -0.15) is 0 Å². The molecule has 56 valence electrons. The van der Waals surface area contributed by atoms with E-state index in [1.54, 1.807) is 11.8 Å². The summed E-state index contributed by atoms with van der Waals surface area (Å²) < 4.78 is 0. The van der Waals surface area contributed by atoms with Gasteiger partial charge in [0.05, 0.1) is 10.6 Å². The molecule has 2 heteroatoms. The van der Waals surface area contributed by atoms with Crippen molar-refractivity contribution in [1.29, 1.82) is 0 Å². The fraction of sp³-hybridized carbons (Fsp3) is 0.500. The lowest BCUT2D eigenvalue weighted by Crippen LogP contribution is -2.34. The first-order valence-corrected chi connectivity index (χ1v) is 4.08. The molecule has 0 aliphatic carbocycles. The van der Waals surface area contributed by atoms with Crippen LogP contribution in [0.3, 0.4) is 0 Å². The number of thioether (sulfide) groups is 1. The standard InChI is InChI=1S/C8H13NS/c1-6-8(3,4)9(5)7(2)10-6/h1-2H2,3-5H3. The van der Waals surface area contributed by atoms with Crippen molar-refractivity contribution in [2.24, 2.45) is 0 Å². The van der Waals surface area contributed by atoms with Gasteiger partial charge < -0.3 is 4.90 Å². The van der Waals surface area contributed by atoms with E-state index < -0.39 is 0 Å². The van der Waals surface area contributed by atoms with Gasteiger partial charge in [-0.15, -0.1) is 0 Å². The van der Waals surface area contributed by atoms with Crippen LogP contribution >= 0.6 is 11.8 Å². The number of nitrogens with zero attached hydrogens (tertiary/aromatic N) is 1. The molecule has 1 nitrogen and oxygen atoms in total. The van der Waals surface area contributed by atoms with Gasteiger partial charge in [0.25, 0.3) is 0 Å². The lowest BCUT2D eigenvalue weighted by Gasteiger charge is -2.29. The van der Waals surface area contributed by atoms with Crippen LogP contribution in [0.2, 0.25) is 0 Å². The summed E-state index contributed by atoms with van der Waals surface area (Å²) in [6, 6.07) is 0. The zero-order valence-corrected chi connectivity index (χ0v) is 7.59. The Bertz CT molecular complexity index is 193. The van der Waals surface area contributed by atoms with Gasteiger partial charge in [-0.1, -0.05) is 24.9 Å². The first-order valence-electron chi connectivity index (χ1n) is 3.26. The minimum atomic E-state index is 0.0851. The lowest BCUT2D eigenvalue weighted by molar-refractivity contribution is 0.287. The molecule has 0 atom stereocenters. The van der Waals surface area contributed by atoms with E-state index in [2.05, 4.69) is 31.9 Å². The van der Waals surface area contributed by atoms with Crippen molar-refractivity contribution in [1.82, 2.24) is 4.90 Å². The van der Waals surface area contributed by atoms with E-state index in [0.29, 0.717) is 0 Å². The molecule has 0 radical (unpaired) electrons. The lowest BCUT2D eigenvalue weighted by atomic mass is 10.1. The van der Waals surface area contributed by atoms with Crippen molar-refractivity contribution in [3.05, 3.63) is 23.1 Å². The molecular formula is C8H13NS. The Balaban J connectivity index is 2.96. The molecule has 0 amide bonds. The Labute approximate surface area is 66.8 Å². The Morgan fingerprint density at radius 3 is 2.00 bits per heavy atom. The van der Waals surface area contributed by atoms with Crippen LogP contribution in [0.25, 0.3) is 0 Å². The van der Waals surface area contributed by atoms with E-state index in [-0.39, 0.29) is 5.54 Å². The third-order valence-corrected chi connectivity index (χ3v) is 3.39. The summed E-state index contributed by atoms with van der Waals surface area (Å²) >= 11 is 1.67. The molecule has 1 fully saturated rings. The highest BCUT2D eigenvalue weighted by Crippen LogP contribution is 2.45. The number of likely N-dealkylation sites (N-methyl/N-ethyl adjacent to an activating group) is 1. The third kappa shape index (κ3) is 0.870.